The smallest absolute Gasteiger partial charge is 0.245 e. The van der Waals surface area contributed by atoms with Crippen LogP contribution < -0.4 is 10.6 Å². The summed E-state index contributed by atoms with van der Waals surface area (Å²) in [6, 6.07) is 7.18. The van der Waals surface area contributed by atoms with Crippen LogP contribution in [0.25, 0.3) is 0 Å². The Balaban J connectivity index is 1.27. The molecule has 0 spiro atoms. The zero-order valence-corrected chi connectivity index (χ0v) is 23.0. The summed E-state index contributed by atoms with van der Waals surface area (Å²) in [6.45, 7) is 3.23. The number of aromatic nitrogens is 3. The molecule has 2 unspecified atom stereocenters. The van der Waals surface area contributed by atoms with Gasteiger partial charge in [0.25, 0.3) is 0 Å². The van der Waals surface area contributed by atoms with E-state index >= 15 is 0 Å². The second-order valence-corrected chi connectivity index (χ2v) is 12.0. The molecule has 2 N–H and O–H groups in total. The Bertz CT molecular complexity index is 1040. The van der Waals surface area contributed by atoms with Crippen molar-refractivity contribution in [2.45, 2.75) is 89.3 Å². The highest BCUT2D eigenvalue weighted by Crippen LogP contribution is 2.47. The standard InChI is InChI=1S/C29H41ClN6O2/c30-24-10-8-22(9-11-24)17-26(34-27(37)18-25-7-4-14-32-25)28(38)35-15-12-29(13-16-35,19-36-21-31-20-33-36)23-5-2-1-3-6-23/h8-11,20-21,23,25-26,32H,1-7,12-19H2,(H,34,37). The maximum absolute atomic E-state index is 13.9. The lowest BCUT2D eigenvalue weighted by molar-refractivity contribution is -0.139. The van der Waals surface area contributed by atoms with Crippen molar-refractivity contribution < 1.29 is 9.59 Å². The van der Waals surface area contributed by atoms with Gasteiger partial charge in [-0.15, -0.1) is 0 Å². The number of amides is 2. The van der Waals surface area contributed by atoms with Crippen molar-refractivity contribution in [3.8, 4) is 0 Å². The molecular weight excluding hydrogens is 500 g/mol. The summed E-state index contributed by atoms with van der Waals surface area (Å²) in [4.78, 5) is 33.0. The van der Waals surface area contributed by atoms with Gasteiger partial charge in [0.2, 0.25) is 11.8 Å². The molecule has 0 bridgehead atoms. The van der Waals surface area contributed by atoms with Gasteiger partial charge in [-0.1, -0.05) is 43.0 Å². The molecule has 3 fully saturated rings. The quantitative estimate of drug-likeness (QED) is 0.502. The molecule has 206 valence electrons. The summed E-state index contributed by atoms with van der Waals surface area (Å²) < 4.78 is 1.98. The Hall–Kier alpha value is -2.45. The van der Waals surface area contributed by atoms with Crippen molar-refractivity contribution in [2.24, 2.45) is 11.3 Å². The summed E-state index contributed by atoms with van der Waals surface area (Å²) in [5, 5.41) is 11.6. The molecular formula is C29H41ClN6O2. The summed E-state index contributed by atoms with van der Waals surface area (Å²) in [7, 11) is 0. The summed E-state index contributed by atoms with van der Waals surface area (Å²) in [5.41, 5.74) is 1.13. The predicted octanol–water partition coefficient (Wildman–Crippen LogP) is 3.99. The van der Waals surface area contributed by atoms with Crippen molar-refractivity contribution >= 4 is 23.4 Å². The average molecular weight is 541 g/mol. The predicted molar refractivity (Wildman–Crippen MR) is 148 cm³/mol. The Morgan fingerprint density at radius 3 is 2.50 bits per heavy atom. The first kappa shape index (κ1) is 27.1. The number of benzene rings is 1. The third-order valence-electron chi connectivity index (χ3n) is 9.07. The van der Waals surface area contributed by atoms with Gasteiger partial charge in [0, 0.05) is 43.5 Å². The summed E-state index contributed by atoms with van der Waals surface area (Å²) in [5.74, 6) is 0.614. The fraction of sp³-hybridized carbons (Fsp3) is 0.655. The van der Waals surface area contributed by atoms with Gasteiger partial charge < -0.3 is 15.5 Å². The van der Waals surface area contributed by atoms with Gasteiger partial charge in [-0.3, -0.25) is 14.3 Å². The van der Waals surface area contributed by atoms with Gasteiger partial charge >= 0.3 is 0 Å². The van der Waals surface area contributed by atoms with E-state index in [0.717, 1.165) is 44.3 Å². The van der Waals surface area contributed by atoms with Gasteiger partial charge in [0.1, 0.15) is 18.7 Å². The first-order valence-electron chi connectivity index (χ1n) is 14.4. The van der Waals surface area contributed by atoms with Crippen LogP contribution >= 0.6 is 11.6 Å². The Labute approximate surface area is 230 Å². The number of nitrogens with one attached hydrogen (secondary N) is 2. The number of rotatable bonds is 9. The van der Waals surface area contributed by atoms with Gasteiger partial charge in [-0.25, -0.2) is 4.98 Å². The minimum Gasteiger partial charge on any atom is -0.344 e. The molecule has 2 atom stereocenters. The Morgan fingerprint density at radius 1 is 1.08 bits per heavy atom. The van der Waals surface area contributed by atoms with Crippen LogP contribution in [-0.2, 0) is 22.6 Å². The van der Waals surface area contributed by atoms with E-state index < -0.39 is 6.04 Å². The third-order valence-corrected chi connectivity index (χ3v) is 9.32. The fourth-order valence-electron chi connectivity index (χ4n) is 6.90. The van der Waals surface area contributed by atoms with E-state index in [1.54, 1.807) is 6.33 Å². The maximum atomic E-state index is 13.9. The van der Waals surface area contributed by atoms with Crippen LogP contribution in [0.1, 0.15) is 69.8 Å². The molecule has 1 aromatic heterocycles. The molecule has 1 saturated carbocycles. The van der Waals surface area contributed by atoms with Crippen LogP contribution in [-0.4, -0.2) is 63.2 Å². The van der Waals surface area contributed by atoms with Gasteiger partial charge in [-0.2, -0.15) is 5.10 Å². The number of carbonyl (C=O) groups excluding carboxylic acids is 2. The molecule has 3 heterocycles. The first-order chi connectivity index (χ1) is 18.5. The molecule has 38 heavy (non-hydrogen) atoms. The summed E-state index contributed by atoms with van der Waals surface area (Å²) in [6.07, 6.45) is 14.7. The molecule has 2 amide bonds. The molecule has 1 aromatic carbocycles. The number of likely N-dealkylation sites (tertiary alicyclic amines) is 1. The van der Waals surface area contributed by atoms with E-state index in [0.29, 0.717) is 36.9 Å². The number of halogens is 1. The van der Waals surface area contributed by atoms with E-state index in [-0.39, 0.29) is 23.3 Å². The summed E-state index contributed by atoms with van der Waals surface area (Å²) >= 11 is 6.09. The third kappa shape index (κ3) is 6.75. The first-order valence-corrected chi connectivity index (χ1v) is 14.8. The van der Waals surface area contributed by atoms with E-state index in [1.165, 1.54) is 32.1 Å². The molecule has 8 nitrogen and oxygen atoms in total. The monoisotopic (exact) mass is 540 g/mol. The van der Waals surface area contributed by atoms with Gasteiger partial charge in [0.05, 0.1) is 0 Å². The van der Waals surface area contributed by atoms with Crippen molar-refractivity contribution in [1.29, 1.82) is 0 Å². The molecule has 3 aliphatic rings. The lowest BCUT2D eigenvalue weighted by Crippen LogP contribution is -2.55. The molecule has 2 aliphatic heterocycles. The van der Waals surface area contributed by atoms with Crippen molar-refractivity contribution in [2.75, 3.05) is 19.6 Å². The van der Waals surface area contributed by atoms with Gasteiger partial charge in [-0.05, 0) is 74.1 Å². The number of nitrogens with zero attached hydrogens (tertiary/aromatic N) is 4. The lowest BCUT2D eigenvalue weighted by atomic mass is 9.63. The molecule has 0 radical (unpaired) electrons. The fourth-order valence-corrected chi connectivity index (χ4v) is 7.03. The van der Waals surface area contributed by atoms with E-state index in [2.05, 4.69) is 20.7 Å². The minimum atomic E-state index is -0.581. The van der Waals surface area contributed by atoms with Crippen molar-refractivity contribution in [1.82, 2.24) is 30.3 Å². The molecule has 5 rings (SSSR count). The van der Waals surface area contributed by atoms with Crippen LogP contribution in [0.2, 0.25) is 5.02 Å². The second kappa shape index (κ2) is 12.6. The molecule has 1 aliphatic carbocycles. The molecule has 2 saturated heterocycles. The van der Waals surface area contributed by atoms with Gasteiger partial charge in [0.15, 0.2) is 0 Å². The topological polar surface area (TPSA) is 92.2 Å². The molecule has 9 heteroatoms. The van der Waals surface area contributed by atoms with Crippen LogP contribution in [0.15, 0.2) is 36.9 Å². The van der Waals surface area contributed by atoms with Crippen LogP contribution in [0.5, 0.6) is 0 Å². The largest absolute Gasteiger partial charge is 0.344 e. The SMILES string of the molecule is O=C(CC1CCCN1)NC(Cc1ccc(Cl)cc1)C(=O)N1CCC(Cn2cncn2)(C2CCCCC2)CC1. The van der Waals surface area contributed by atoms with Crippen molar-refractivity contribution in [3.63, 3.8) is 0 Å². The number of hydrogen-bond acceptors (Lipinski definition) is 5. The average Bonchev–Trinajstić information content (AvgIpc) is 3.65. The number of piperidine rings is 1. The Kier molecular flexibility index (Phi) is 9.00. The highest BCUT2D eigenvalue weighted by molar-refractivity contribution is 6.30. The number of hydrogen-bond donors (Lipinski definition) is 2. The zero-order valence-electron chi connectivity index (χ0n) is 22.3. The highest BCUT2D eigenvalue weighted by Gasteiger charge is 2.43. The maximum Gasteiger partial charge on any atom is 0.245 e. The van der Waals surface area contributed by atoms with Crippen LogP contribution in [0.4, 0.5) is 0 Å². The van der Waals surface area contributed by atoms with E-state index in [1.807, 2.05) is 40.2 Å². The minimum absolute atomic E-state index is 0.0191. The van der Waals surface area contributed by atoms with Crippen LogP contribution in [0.3, 0.4) is 0 Å². The van der Waals surface area contributed by atoms with Crippen LogP contribution in [0, 0.1) is 11.3 Å². The second-order valence-electron chi connectivity index (χ2n) is 11.6. The highest BCUT2D eigenvalue weighted by atomic mass is 35.5. The normalized spacial score (nSPS) is 22.8. The van der Waals surface area contributed by atoms with E-state index in [9.17, 15) is 9.59 Å². The Morgan fingerprint density at radius 2 is 1.84 bits per heavy atom. The molecule has 2 aromatic rings. The zero-order chi connectivity index (χ0) is 26.4. The van der Waals surface area contributed by atoms with Crippen molar-refractivity contribution in [3.05, 3.63) is 47.5 Å². The van der Waals surface area contributed by atoms with E-state index in [4.69, 9.17) is 11.6 Å². The number of carbonyl (C=O) groups is 2. The lowest BCUT2D eigenvalue weighted by Gasteiger charge is -2.48.